The largest absolute Gasteiger partial charge is 0.418 e. The molecule has 264 valence electrons. The van der Waals surface area contributed by atoms with E-state index in [4.69, 9.17) is 0 Å². The summed E-state index contributed by atoms with van der Waals surface area (Å²) in [6.45, 7) is 11.6. The van der Waals surface area contributed by atoms with Crippen LogP contribution in [-0.4, -0.2) is 9.13 Å². The fourth-order valence-corrected chi connectivity index (χ4v) is 7.26. The van der Waals surface area contributed by atoms with Crippen molar-refractivity contribution in [1.82, 2.24) is 9.13 Å². The topological polar surface area (TPSA) is 9.86 Å². The molecule has 2 aromatic heterocycles. The van der Waals surface area contributed by atoms with Crippen LogP contribution in [0.1, 0.15) is 47.2 Å². The summed E-state index contributed by atoms with van der Waals surface area (Å²) in [4.78, 5) is 0. The number of rotatable bonds is 3. The Morgan fingerprint density at radius 1 is 0.423 bits per heavy atom. The van der Waals surface area contributed by atoms with Gasteiger partial charge in [-0.25, -0.2) is 0 Å². The first-order valence-corrected chi connectivity index (χ1v) is 17.2. The molecule has 0 saturated carbocycles. The number of hydrogen-bond donors (Lipinski definition) is 0. The molecule has 2 nitrogen and oxygen atoms in total. The second-order valence-electron chi connectivity index (χ2n) is 13.2. The molecule has 52 heavy (non-hydrogen) atoms. The van der Waals surface area contributed by atoms with Crippen LogP contribution in [0.2, 0.25) is 0 Å². The lowest BCUT2D eigenvalue weighted by Crippen LogP contribution is -2.13. The maximum absolute atomic E-state index is 15.6. The van der Waals surface area contributed by atoms with Crippen molar-refractivity contribution in [3.8, 4) is 22.5 Å². The molecule has 0 spiro atoms. The van der Waals surface area contributed by atoms with Gasteiger partial charge in [-0.3, -0.25) is 0 Å². The monoisotopic (exact) mass is 706 g/mol. The van der Waals surface area contributed by atoms with E-state index in [2.05, 4.69) is 0 Å². The van der Waals surface area contributed by atoms with E-state index in [9.17, 15) is 13.2 Å². The van der Waals surface area contributed by atoms with Crippen molar-refractivity contribution in [2.75, 3.05) is 0 Å². The Kier molecular flexibility index (Phi) is 8.48. The van der Waals surface area contributed by atoms with Gasteiger partial charge in [0.05, 0.1) is 44.6 Å². The number of aryl methyl sites for hydroxylation is 4. The van der Waals surface area contributed by atoms with Gasteiger partial charge in [-0.1, -0.05) is 74.5 Å². The fraction of sp³-hybridized carbons (Fsp3) is 0.182. The van der Waals surface area contributed by atoms with E-state index in [1.165, 1.54) is 18.2 Å². The van der Waals surface area contributed by atoms with Gasteiger partial charge in [-0.15, -0.1) is 0 Å². The van der Waals surface area contributed by atoms with Gasteiger partial charge in [-0.2, -0.15) is 26.3 Å². The van der Waals surface area contributed by atoms with Crippen molar-refractivity contribution in [3.63, 3.8) is 0 Å². The molecule has 0 aliphatic heterocycles. The highest BCUT2D eigenvalue weighted by molar-refractivity contribution is 6.11. The third-order valence-corrected chi connectivity index (χ3v) is 9.56. The molecule has 0 radical (unpaired) electrons. The van der Waals surface area contributed by atoms with E-state index >= 15 is 13.2 Å². The van der Waals surface area contributed by atoms with Gasteiger partial charge >= 0.3 is 12.4 Å². The minimum atomic E-state index is -4.82. The molecular formula is C44H36F6N2. The van der Waals surface area contributed by atoms with Crippen LogP contribution in [0.4, 0.5) is 26.3 Å². The summed E-state index contributed by atoms with van der Waals surface area (Å²) in [5.74, 6) is 0. The third kappa shape index (κ3) is 5.80. The Hall–Kier alpha value is -5.50. The molecule has 0 saturated heterocycles. The van der Waals surface area contributed by atoms with Crippen LogP contribution in [-0.2, 0) is 12.4 Å². The Balaban J connectivity index is 0.00000207. The molecule has 2 heterocycles. The minimum absolute atomic E-state index is 0.129. The molecule has 8 heteroatoms. The number of nitrogens with zero attached hydrogens (tertiary/aromatic N) is 2. The summed E-state index contributed by atoms with van der Waals surface area (Å²) in [6.07, 6.45) is -9.48. The van der Waals surface area contributed by atoms with E-state index in [-0.39, 0.29) is 22.5 Å². The van der Waals surface area contributed by atoms with Crippen LogP contribution in [0.15, 0.2) is 109 Å². The highest BCUT2D eigenvalue weighted by Gasteiger charge is 2.37. The highest BCUT2D eigenvalue weighted by atomic mass is 19.4. The zero-order valence-electron chi connectivity index (χ0n) is 29.6. The molecule has 0 unspecified atom stereocenters. The first kappa shape index (κ1) is 34.9. The van der Waals surface area contributed by atoms with Crippen molar-refractivity contribution in [1.29, 1.82) is 0 Å². The maximum atomic E-state index is 15.6. The molecule has 8 aromatic rings. The summed E-state index contributed by atoms with van der Waals surface area (Å²) in [5.41, 5.74) is 4.50. The van der Waals surface area contributed by atoms with Gasteiger partial charge in [0.1, 0.15) is 0 Å². The van der Waals surface area contributed by atoms with Crippen molar-refractivity contribution in [2.24, 2.45) is 0 Å². The second-order valence-corrected chi connectivity index (χ2v) is 13.2. The van der Waals surface area contributed by atoms with E-state index in [0.717, 1.165) is 62.0 Å². The summed E-state index contributed by atoms with van der Waals surface area (Å²) in [6, 6.07) is 30.2. The van der Waals surface area contributed by atoms with Crippen molar-refractivity contribution in [2.45, 2.75) is 53.9 Å². The summed E-state index contributed by atoms with van der Waals surface area (Å²) < 4.78 is 92.5. The predicted octanol–water partition coefficient (Wildman–Crippen LogP) is 13.8. The van der Waals surface area contributed by atoms with Crippen molar-refractivity contribution in [3.05, 3.63) is 143 Å². The average Bonchev–Trinajstić information content (AvgIpc) is 3.58. The number of aromatic nitrogens is 2. The molecule has 0 atom stereocenters. The van der Waals surface area contributed by atoms with Gasteiger partial charge < -0.3 is 9.13 Å². The smallest absolute Gasteiger partial charge is 0.309 e. The molecule has 0 amide bonds. The Morgan fingerprint density at radius 2 is 0.827 bits per heavy atom. The number of benzene rings is 6. The minimum Gasteiger partial charge on any atom is -0.309 e. The normalized spacial score (nSPS) is 12.2. The first-order chi connectivity index (χ1) is 24.7. The molecular weight excluding hydrogens is 670 g/mol. The van der Waals surface area contributed by atoms with Crippen molar-refractivity contribution < 1.29 is 26.3 Å². The van der Waals surface area contributed by atoms with Crippen LogP contribution in [0.3, 0.4) is 0 Å². The first-order valence-electron chi connectivity index (χ1n) is 17.2. The third-order valence-electron chi connectivity index (χ3n) is 9.56. The Bertz CT molecular complexity index is 2550. The quantitative estimate of drug-likeness (QED) is 0.162. The van der Waals surface area contributed by atoms with E-state index in [1.54, 1.807) is 9.13 Å². The Labute approximate surface area is 297 Å². The van der Waals surface area contributed by atoms with E-state index < -0.39 is 23.5 Å². The van der Waals surface area contributed by atoms with Gasteiger partial charge in [0.2, 0.25) is 0 Å². The standard InChI is InChI=1S/C42H30F6N2.C2H6/c1-23-8-12-29-30-13-9-24(2)17-36(30)49(35(29)16-23)39-22-34(42(46,47)48)40(21-33(39)27-6-5-7-28(20-27)41(43,44)45)50-37-18-25(3)10-14-31(37)32-15-11-26(4)19-38(32)50;1-2/h5-22H,1-4H3;1-2H3. The summed E-state index contributed by atoms with van der Waals surface area (Å²) in [7, 11) is 0. The van der Waals surface area contributed by atoms with Crippen molar-refractivity contribution >= 4 is 43.6 Å². The Morgan fingerprint density at radius 3 is 1.21 bits per heavy atom. The molecule has 0 N–H and O–H groups in total. The average molecular weight is 707 g/mol. The van der Waals surface area contributed by atoms with E-state index in [0.29, 0.717) is 22.1 Å². The molecule has 0 fully saturated rings. The lowest BCUT2D eigenvalue weighted by Gasteiger charge is -2.22. The lowest BCUT2D eigenvalue weighted by atomic mass is 9.97. The second kappa shape index (κ2) is 12.6. The van der Waals surface area contributed by atoms with Gasteiger partial charge in [-0.05, 0) is 104 Å². The maximum Gasteiger partial charge on any atom is 0.418 e. The van der Waals surface area contributed by atoms with Gasteiger partial charge in [0, 0.05) is 27.1 Å². The predicted molar refractivity (Wildman–Crippen MR) is 201 cm³/mol. The molecule has 0 aliphatic rings. The van der Waals surface area contributed by atoms with Crippen LogP contribution >= 0.6 is 0 Å². The number of hydrogen-bond acceptors (Lipinski definition) is 0. The fourth-order valence-electron chi connectivity index (χ4n) is 7.26. The zero-order valence-corrected chi connectivity index (χ0v) is 29.6. The molecule has 8 rings (SSSR count). The van der Waals surface area contributed by atoms with Crippen LogP contribution in [0, 0.1) is 27.7 Å². The van der Waals surface area contributed by atoms with E-state index in [1.807, 2.05) is 114 Å². The number of halogens is 6. The summed E-state index contributed by atoms with van der Waals surface area (Å²) in [5, 5.41) is 3.20. The SMILES string of the molecule is CC.Cc1ccc2c3ccc(C)cc3n(-c3cc(C(F)(F)F)c(-n4c5cc(C)ccc5c5ccc(C)cc54)cc3-c3cccc(C(F)(F)F)c3)c2c1. The van der Waals surface area contributed by atoms with Crippen LogP contribution < -0.4 is 0 Å². The van der Waals surface area contributed by atoms with Crippen LogP contribution in [0.25, 0.3) is 66.1 Å². The lowest BCUT2D eigenvalue weighted by molar-refractivity contribution is -0.138. The number of alkyl halides is 6. The van der Waals surface area contributed by atoms with Gasteiger partial charge in [0.25, 0.3) is 0 Å². The summed E-state index contributed by atoms with van der Waals surface area (Å²) >= 11 is 0. The van der Waals surface area contributed by atoms with Gasteiger partial charge in [0.15, 0.2) is 0 Å². The molecule has 0 bridgehead atoms. The highest BCUT2D eigenvalue weighted by Crippen LogP contribution is 2.46. The van der Waals surface area contributed by atoms with Crippen LogP contribution in [0.5, 0.6) is 0 Å². The number of fused-ring (bicyclic) bond motifs is 6. The molecule has 6 aromatic carbocycles. The molecule has 0 aliphatic carbocycles. The zero-order chi connectivity index (χ0) is 37.3.